The Kier molecular flexibility index (Phi) is 8.64. The van der Waals surface area contributed by atoms with Gasteiger partial charge in [-0.25, -0.2) is 0 Å². The maximum atomic E-state index is 11.2. The van der Waals surface area contributed by atoms with Crippen molar-refractivity contribution in [3.63, 3.8) is 0 Å². The third kappa shape index (κ3) is 5.44. The van der Waals surface area contributed by atoms with E-state index in [0.717, 1.165) is 47.5 Å². The molecule has 0 radical (unpaired) electrons. The number of ketones is 2. The Morgan fingerprint density at radius 3 is 1.65 bits per heavy atom. The van der Waals surface area contributed by atoms with Crippen molar-refractivity contribution in [2.24, 2.45) is 11.8 Å². The van der Waals surface area contributed by atoms with Gasteiger partial charge in [-0.2, -0.15) is 0 Å². The first-order chi connectivity index (χ1) is 19.2. The van der Waals surface area contributed by atoms with E-state index < -0.39 is 6.10 Å². The summed E-state index contributed by atoms with van der Waals surface area (Å²) in [6.45, 7) is 5.33. The van der Waals surface area contributed by atoms with Crippen LogP contribution in [-0.2, 0) is 22.4 Å². The van der Waals surface area contributed by atoms with Crippen molar-refractivity contribution in [1.82, 2.24) is 0 Å². The maximum Gasteiger partial charge on any atom is 0.130 e. The average Bonchev–Trinajstić information content (AvgIpc) is 3.63. The van der Waals surface area contributed by atoms with E-state index in [-0.39, 0.29) is 48.3 Å². The molecule has 0 unspecified atom stereocenters. The summed E-state index contributed by atoms with van der Waals surface area (Å²) in [7, 11) is 0. The lowest BCUT2D eigenvalue weighted by Gasteiger charge is -2.18. The molecule has 40 heavy (non-hydrogen) atoms. The van der Waals surface area contributed by atoms with Gasteiger partial charge in [-0.3, -0.25) is 0 Å². The SMILES string of the molecule is CC(=O)CCc1cccc2c1O[C@H]1C[C@@H](O)[C@H](CO)[C@@H]21.CC[C@@H]1[C@H]2c3cccc(CCC(C)=O)c3O[C@H]2C[C@H]1O. The van der Waals surface area contributed by atoms with Crippen LogP contribution >= 0.6 is 0 Å². The van der Waals surface area contributed by atoms with Crippen LogP contribution in [0, 0.1) is 11.8 Å². The van der Waals surface area contributed by atoms with Gasteiger partial charge in [0.05, 0.1) is 12.2 Å². The normalized spacial score (nSPS) is 30.8. The first-order valence-corrected chi connectivity index (χ1v) is 14.8. The molecular formula is C33H42O7. The highest BCUT2D eigenvalue weighted by molar-refractivity contribution is 5.76. The highest BCUT2D eigenvalue weighted by Gasteiger charge is 2.50. The lowest BCUT2D eigenvalue weighted by molar-refractivity contribution is -0.117. The van der Waals surface area contributed by atoms with E-state index in [1.54, 1.807) is 13.8 Å². The van der Waals surface area contributed by atoms with E-state index >= 15 is 0 Å². The van der Waals surface area contributed by atoms with E-state index in [1.165, 1.54) is 5.56 Å². The van der Waals surface area contributed by atoms with Crippen molar-refractivity contribution in [2.45, 2.75) is 102 Å². The number of ether oxygens (including phenoxy) is 2. The quantitative estimate of drug-likeness (QED) is 0.450. The number of fused-ring (bicyclic) bond motifs is 6. The van der Waals surface area contributed by atoms with Gasteiger partial charge in [-0.15, -0.1) is 0 Å². The number of para-hydroxylation sites is 2. The summed E-state index contributed by atoms with van der Waals surface area (Å²) in [5.74, 6) is 2.77. The van der Waals surface area contributed by atoms with Crippen LogP contribution in [0.4, 0.5) is 0 Å². The number of aliphatic hydroxyl groups is 3. The van der Waals surface area contributed by atoms with Crippen molar-refractivity contribution >= 4 is 11.6 Å². The van der Waals surface area contributed by atoms with E-state index in [1.807, 2.05) is 18.2 Å². The molecule has 0 bridgehead atoms. The molecule has 216 valence electrons. The van der Waals surface area contributed by atoms with E-state index in [9.17, 15) is 24.9 Å². The Labute approximate surface area is 236 Å². The molecule has 2 saturated carbocycles. The summed E-state index contributed by atoms with van der Waals surface area (Å²) in [5, 5.41) is 29.6. The number of hydrogen-bond acceptors (Lipinski definition) is 7. The van der Waals surface area contributed by atoms with Gasteiger partial charge in [-0.05, 0) is 43.7 Å². The summed E-state index contributed by atoms with van der Waals surface area (Å²) in [6.07, 6.45) is 4.11. The summed E-state index contributed by atoms with van der Waals surface area (Å²) in [4.78, 5) is 22.3. The molecular weight excluding hydrogens is 508 g/mol. The fourth-order valence-corrected chi connectivity index (χ4v) is 7.35. The van der Waals surface area contributed by atoms with Crippen LogP contribution in [0.25, 0.3) is 0 Å². The van der Waals surface area contributed by atoms with Gasteiger partial charge in [-0.1, -0.05) is 49.7 Å². The highest BCUT2D eigenvalue weighted by atomic mass is 16.5. The van der Waals surface area contributed by atoms with E-state index in [2.05, 4.69) is 25.1 Å². The lowest BCUT2D eigenvalue weighted by Crippen LogP contribution is -2.22. The van der Waals surface area contributed by atoms with Gasteiger partial charge in [0.2, 0.25) is 0 Å². The molecule has 2 aliphatic heterocycles. The molecule has 2 aliphatic carbocycles. The smallest absolute Gasteiger partial charge is 0.130 e. The number of carbonyl (C=O) groups excluding carboxylic acids is 2. The second-order valence-electron chi connectivity index (χ2n) is 12.0. The molecule has 2 aromatic carbocycles. The van der Waals surface area contributed by atoms with Crippen LogP contribution in [0.1, 0.15) is 87.0 Å². The molecule has 0 aromatic heterocycles. The van der Waals surface area contributed by atoms with E-state index in [0.29, 0.717) is 37.5 Å². The van der Waals surface area contributed by atoms with Crippen molar-refractivity contribution in [1.29, 1.82) is 0 Å². The molecule has 7 heteroatoms. The summed E-state index contributed by atoms with van der Waals surface area (Å²) < 4.78 is 12.1. The zero-order valence-corrected chi connectivity index (χ0v) is 23.7. The minimum absolute atomic E-state index is 0.0250. The molecule has 2 fully saturated rings. The monoisotopic (exact) mass is 550 g/mol. The van der Waals surface area contributed by atoms with Crippen molar-refractivity contribution in [3.05, 3.63) is 58.7 Å². The van der Waals surface area contributed by atoms with Gasteiger partial charge in [0.1, 0.15) is 35.3 Å². The van der Waals surface area contributed by atoms with Gasteiger partial charge in [0.15, 0.2) is 0 Å². The molecule has 8 atom stereocenters. The highest BCUT2D eigenvalue weighted by Crippen LogP contribution is 2.53. The fourth-order valence-electron chi connectivity index (χ4n) is 7.35. The number of carbonyl (C=O) groups is 2. The third-order valence-corrected chi connectivity index (χ3v) is 9.35. The van der Waals surface area contributed by atoms with E-state index in [4.69, 9.17) is 9.47 Å². The number of benzene rings is 2. The van der Waals surface area contributed by atoms with Crippen molar-refractivity contribution in [3.8, 4) is 11.5 Å². The van der Waals surface area contributed by atoms with Gasteiger partial charge >= 0.3 is 0 Å². The molecule has 7 nitrogen and oxygen atoms in total. The summed E-state index contributed by atoms with van der Waals surface area (Å²) >= 11 is 0. The molecule has 6 rings (SSSR count). The van der Waals surface area contributed by atoms with Crippen LogP contribution in [0.2, 0.25) is 0 Å². The second kappa shape index (κ2) is 12.0. The Morgan fingerprint density at radius 1 is 0.775 bits per heavy atom. The van der Waals surface area contributed by atoms with Crippen LogP contribution in [-0.4, -0.2) is 57.9 Å². The van der Waals surface area contributed by atoms with Gasteiger partial charge < -0.3 is 34.4 Å². The standard InChI is InChI=1S/C17H22O3.C16H20O4/c1-3-12-14(19)9-15-16(12)13-6-4-5-11(17(13)20-15)8-7-10(2)18;1-9(18)5-6-10-3-2-4-11-15-12(8-17)13(19)7-14(15)20-16(10)11/h4-6,12,14-16,19H,3,7-9H2,1-2H3;2-4,12-15,17,19H,5-8H2,1H3/t12-,14+,15-,16-;12-,13+,14-,15+/m00/s1. The minimum Gasteiger partial charge on any atom is -0.489 e. The first-order valence-electron chi connectivity index (χ1n) is 14.8. The molecule has 4 aliphatic rings. The lowest BCUT2D eigenvalue weighted by atomic mass is 9.85. The molecule has 0 amide bonds. The Balaban J connectivity index is 0.000000161. The van der Waals surface area contributed by atoms with Gasteiger partial charge in [0, 0.05) is 61.2 Å². The largest absolute Gasteiger partial charge is 0.489 e. The number of aryl methyl sites for hydroxylation is 2. The predicted molar refractivity (Wildman–Crippen MR) is 151 cm³/mol. The Hall–Kier alpha value is -2.74. The molecule has 2 heterocycles. The molecule has 2 aromatic rings. The van der Waals surface area contributed by atoms with Crippen LogP contribution in [0.5, 0.6) is 11.5 Å². The Morgan fingerprint density at radius 2 is 1.23 bits per heavy atom. The zero-order valence-electron chi connectivity index (χ0n) is 23.7. The predicted octanol–water partition coefficient (Wildman–Crippen LogP) is 4.27. The van der Waals surface area contributed by atoms with Crippen LogP contribution in [0.3, 0.4) is 0 Å². The number of hydrogen-bond donors (Lipinski definition) is 3. The van der Waals surface area contributed by atoms with Crippen molar-refractivity contribution < 1.29 is 34.4 Å². The summed E-state index contributed by atoms with van der Waals surface area (Å²) in [6, 6.07) is 12.2. The fraction of sp³-hybridized carbons (Fsp3) is 0.576. The minimum atomic E-state index is -0.496. The van der Waals surface area contributed by atoms with Gasteiger partial charge in [0.25, 0.3) is 0 Å². The van der Waals surface area contributed by atoms with Crippen LogP contribution in [0.15, 0.2) is 36.4 Å². The first kappa shape index (κ1) is 28.8. The summed E-state index contributed by atoms with van der Waals surface area (Å²) in [5.41, 5.74) is 4.50. The van der Waals surface area contributed by atoms with Crippen LogP contribution < -0.4 is 9.47 Å². The second-order valence-corrected chi connectivity index (χ2v) is 12.0. The van der Waals surface area contributed by atoms with Crippen molar-refractivity contribution in [2.75, 3.05) is 6.61 Å². The average molecular weight is 551 g/mol. The molecule has 3 N–H and O–H groups in total. The zero-order chi connectivity index (χ0) is 28.6. The number of rotatable bonds is 8. The molecule has 0 saturated heterocycles. The maximum absolute atomic E-state index is 11.2. The third-order valence-electron chi connectivity index (χ3n) is 9.35. The number of Topliss-reactive ketones (excluding diaryl/α,β-unsaturated/α-hetero) is 2. The molecule has 0 spiro atoms. The Bertz CT molecular complexity index is 1140. The topological polar surface area (TPSA) is 113 Å². The number of aliphatic hydroxyl groups excluding tert-OH is 3.